The summed E-state index contributed by atoms with van der Waals surface area (Å²) in [5.41, 5.74) is -0.407. The Kier molecular flexibility index (Phi) is 2.96. The second kappa shape index (κ2) is 4.58. The van der Waals surface area contributed by atoms with Gasteiger partial charge in [-0.2, -0.15) is 0 Å². The number of para-hydroxylation sites is 2. The molecule has 0 bridgehead atoms. The van der Waals surface area contributed by atoms with E-state index in [1.54, 1.807) is 12.1 Å². The van der Waals surface area contributed by atoms with E-state index in [1.807, 2.05) is 0 Å². The molecule has 0 unspecified atom stereocenters. The Hall–Kier alpha value is -2.83. The molecule has 0 aliphatic carbocycles. The molecule has 7 heteroatoms. The van der Waals surface area contributed by atoms with Crippen LogP contribution in [-0.4, -0.2) is 27.3 Å². The number of phenolic OH excluding ortho intramolecular Hbond substituents is 1. The number of aromatic nitrogens is 1. The van der Waals surface area contributed by atoms with Gasteiger partial charge in [0.2, 0.25) is 0 Å². The number of hydrogen-bond donors (Lipinski definition) is 2. The molecule has 1 aromatic heterocycles. The molecule has 0 radical (unpaired) electrons. The maximum absolute atomic E-state index is 11.6. The van der Waals surface area contributed by atoms with Crippen LogP contribution in [0.25, 0.3) is 0 Å². The van der Waals surface area contributed by atoms with Gasteiger partial charge in [-0.1, -0.05) is 17.3 Å². The first-order valence-electron chi connectivity index (χ1n) is 4.77. The number of hydrogen-bond acceptors (Lipinski definition) is 6. The number of aromatic hydroxyl groups is 1. The van der Waals surface area contributed by atoms with Gasteiger partial charge in [-0.3, -0.25) is 0 Å². The van der Waals surface area contributed by atoms with Gasteiger partial charge in [-0.05, 0) is 12.1 Å². The SMILES string of the molecule is O=C(O)c1cnoc1C(=O)Oc1ccccc1O. The third-order valence-corrected chi connectivity index (χ3v) is 2.05. The van der Waals surface area contributed by atoms with Crippen LogP contribution in [0.5, 0.6) is 11.5 Å². The molecule has 1 heterocycles. The first-order chi connectivity index (χ1) is 8.59. The van der Waals surface area contributed by atoms with Crippen LogP contribution in [0.3, 0.4) is 0 Å². The summed E-state index contributed by atoms with van der Waals surface area (Å²) < 4.78 is 9.31. The van der Waals surface area contributed by atoms with E-state index in [2.05, 4.69) is 9.68 Å². The normalized spacial score (nSPS) is 10.0. The van der Waals surface area contributed by atoms with Gasteiger partial charge in [0, 0.05) is 0 Å². The smallest absolute Gasteiger partial charge is 0.383 e. The fourth-order valence-corrected chi connectivity index (χ4v) is 1.23. The highest BCUT2D eigenvalue weighted by Gasteiger charge is 2.24. The lowest BCUT2D eigenvalue weighted by molar-refractivity contribution is 0.0642. The molecule has 2 N–H and O–H groups in total. The van der Waals surface area contributed by atoms with E-state index < -0.39 is 23.3 Å². The molecule has 92 valence electrons. The van der Waals surface area contributed by atoms with Gasteiger partial charge < -0.3 is 19.5 Å². The zero-order chi connectivity index (χ0) is 13.1. The molecule has 0 saturated carbocycles. The highest BCUT2D eigenvalue weighted by atomic mass is 16.6. The number of ether oxygens (including phenoxy) is 1. The lowest BCUT2D eigenvalue weighted by Crippen LogP contribution is -2.12. The van der Waals surface area contributed by atoms with Crippen LogP contribution in [0.4, 0.5) is 0 Å². The Morgan fingerprint density at radius 3 is 2.67 bits per heavy atom. The number of phenols is 1. The molecule has 0 saturated heterocycles. The Balaban J connectivity index is 2.25. The van der Waals surface area contributed by atoms with Crippen molar-refractivity contribution in [2.24, 2.45) is 0 Å². The number of nitrogens with zero attached hydrogens (tertiary/aromatic N) is 1. The maximum atomic E-state index is 11.6. The number of benzene rings is 1. The fourth-order valence-electron chi connectivity index (χ4n) is 1.23. The molecule has 0 aliphatic rings. The van der Waals surface area contributed by atoms with Crippen molar-refractivity contribution in [1.29, 1.82) is 0 Å². The summed E-state index contributed by atoms with van der Waals surface area (Å²) in [7, 11) is 0. The third kappa shape index (κ3) is 2.14. The number of carbonyl (C=O) groups excluding carboxylic acids is 1. The van der Waals surface area contributed by atoms with Crippen molar-refractivity contribution in [2.45, 2.75) is 0 Å². The van der Waals surface area contributed by atoms with Gasteiger partial charge in [-0.25, -0.2) is 9.59 Å². The first-order valence-corrected chi connectivity index (χ1v) is 4.77. The first kappa shape index (κ1) is 11.6. The van der Waals surface area contributed by atoms with Crippen molar-refractivity contribution >= 4 is 11.9 Å². The molecule has 18 heavy (non-hydrogen) atoms. The number of carboxylic acid groups (broad SMARTS) is 1. The summed E-state index contributed by atoms with van der Waals surface area (Å²) in [6.45, 7) is 0. The summed E-state index contributed by atoms with van der Waals surface area (Å²) in [4.78, 5) is 22.4. The molecule has 0 fully saturated rings. The van der Waals surface area contributed by atoms with E-state index in [0.717, 1.165) is 6.20 Å². The van der Waals surface area contributed by atoms with Gasteiger partial charge in [0.1, 0.15) is 5.56 Å². The highest BCUT2D eigenvalue weighted by Crippen LogP contribution is 2.25. The summed E-state index contributed by atoms with van der Waals surface area (Å²) >= 11 is 0. The molecule has 0 atom stereocenters. The van der Waals surface area contributed by atoms with Crippen LogP contribution in [-0.2, 0) is 0 Å². The van der Waals surface area contributed by atoms with Gasteiger partial charge in [0.05, 0.1) is 6.20 Å². The van der Waals surface area contributed by atoms with Crippen LogP contribution < -0.4 is 4.74 Å². The van der Waals surface area contributed by atoms with Gasteiger partial charge in [-0.15, -0.1) is 0 Å². The number of rotatable bonds is 3. The van der Waals surface area contributed by atoms with Crippen molar-refractivity contribution in [2.75, 3.05) is 0 Å². The van der Waals surface area contributed by atoms with Gasteiger partial charge >= 0.3 is 11.9 Å². The summed E-state index contributed by atoms with van der Waals surface area (Å²) in [6.07, 6.45) is 0.893. The lowest BCUT2D eigenvalue weighted by Gasteiger charge is -2.03. The van der Waals surface area contributed by atoms with E-state index in [4.69, 9.17) is 9.84 Å². The fraction of sp³-hybridized carbons (Fsp3) is 0. The Labute approximate surface area is 100 Å². The van der Waals surface area contributed by atoms with Crippen molar-refractivity contribution in [3.05, 3.63) is 41.8 Å². The molecular weight excluding hydrogens is 242 g/mol. The summed E-state index contributed by atoms with van der Waals surface area (Å²) in [5, 5.41) is 21.4. The van der Waals surface area contributed by atoms with Crippen molar-refractivity contribution in [3.63, 3.8) is 0 Å². The molecule has 0 aliphatic heterocycles. The van der Waals surface area contributed by atoms with Crippen LogP contribution >= 0.6 is 0 Å². The average Bonchev–Trinajstić information content (AvgIpc) is 2.81. The van der Waals surface area contributed by atoms with Gasteiger partial charge in [0.15, 0.2) is 11.5 Å². The largest absolute Gasteiger partial charge is 0.504 e. The Bertz CT molecular complexity index is 603. The van der Waals surface area contributed by atoms with Gasteiger partial charge in [0.25, 0.3) is 5.76 Å². The topological polar surface area (TPSA) is 110 Å². The number of carbonyl (C=O) groups is 2. The average molecular weight is 249 g/mol. The standard InChI is InChI=1S/C11H7NO6/c13-7-3-1-2-4-8(7)17-11(16)9-6(10(14)15)5-12-18-9/h1-5,13H,(H,14,15). The second-order valence-corrected chi connectivity index (χ2v) is 3.23. The van der Waals surface area contributed by atoms with Crippen molar-refractivity contribution in [1.82, 2.24) is 5.16 Å². The number of carboxylic acids is 1. The maximum Gasteiger partial charge on any atom is 0.383 e. The van der Waals surface area contributed by atoms with Crippen molar-refractivity contribution in [3.8, 4) is 11.5 Å². The number of esters is 1. The minimum absolute atomic E-state index is 0.102. The molecule has 0 spiro atoms. The summed E-state index contributed by atoms with van der Waals surface area (Å²) in [5.74, 6) is -3.30. The Morgan fingerprint density at radius 1 is 1.28 bits per heavy atom. The second-order valence-electron chi connectivity index (χ2n) is 3.23. The predicted octanol–water partition coefficient (Wildman–Crippen LogP) is 1.30. The minimum atomic E-state index is -1.36. The van der Waals surface area contributed by atoms with E-state index in [-0.39, 0.29) is 11.5 Å². The van der Waals surface area contributed by atoms with Crippen LogP contribution in [0.1, 0.15) is 20.9 Å². The van der Waals surface area contributed by atoms with E-state index in [9.17, 15) is 14.7 Å². The van der Waals surface area contributed by atoms with Crippen molar-refractivity contribution < 1.29 is 29.1 Å². The monoisotopic (exact) mass is 249 g/mol. The zero-order valence-corrected chi connectivity index (χ0v) is 8.86. The molecule has 2 rings (SSSR count). The molecule has 2 aromatic rings. The molecule has 7 nitrogen and oxygen atoms in total. The van der Waals surface area contributed by atoms with Crippen LogP contribution in [0, 0.1) is 0 Å². The van der Waals surface area contributed by atoms with E-state index in [0.29, 0.717) is 0 Å². The molecule has 1 aromatic carbocycles. The minimum Gasteiger partial charge on any atom is -0.504 e. The Morgan fingerprint density at radius 2 is 2.00 bits per heavy atom. The van der Waals surface area contributed by atoms with E-state index >= 15 is 0 Å². The summed E-state index contributed by atoms with van der Waals surface area (Å²) in [6, 6.07) is 5.76. The molecule has 0 amide bonds. The third-order valence-electron chi connectivity index (χ3n) is 2.05. The number of aromatic carboxylic acids is 1. The quantitative estimate of drug-likeness (QED) is 0.623. The predicted molar refractivity (Wildman–Crippen MR) is 56.5 cm³/mol. The van der Waals surface area contributed by atoms with Crippen LogP contribution in [0.15, 0.2) is 35.0 Å². The highest BCUT2D eigenvalue weighted by molar-refractivity contribution is 6.00. The molecular formula is C11H7NO6. The zero-order valence-electron chi connectivity index (χ0n) is 8.86. The van der Waals surface area contributed by atoms with E-state index in [1.165, 1.54) is 12.1 Å². The lowest BCUT2D eigenvalue weighted by atomic mass is 10.2. The van der Waals surface area contributed by atoms with Crippen LogP contribution in [0.2, 0.25) is 0 Å².